The quantitative estimate of drug-likeness (QED) is 0.614. The van der Waals surface area contributed by atoms with E-state index in [2.05, 4.69) is 4.98 Å². The molecular weight excluding hydrogens is 267 g/mol. The highest BCUT2D eigenvalue weighted by molar-refractivity contribution is 14.1. The van der Waals surface area contributed by atoms with Crippen molar-refractivity contribution in [1.29, 1.82) is 0 Å². The smallest absolute Gasteiger partial charge is 0.264 e. The monoisotopic (exact) mass is 271 g/mol. The summed E-state index contributed by atoms with van der Waals surface area (Å²) in [5, 5.41) is 0. The number of rotatable bonds is 1. The molecule has 1 N–H and O–H groups in total. The molecule has 1 aromatic heterocycles. The van der Waals surface area contributed by atoms with E-state index in [-0.39, 0.29) is 5.56 Å². The zero-order valence-electron chi connectivity index (χ0n) is 5.27. The second-order valence-electron chi connectivity index (χ2n) is 1.93. The van der Waals surface area contributed by atoms with E-state index < -0.39 is 12.0 Å². The van der Waals surface area contributed by atoms with Crippen molar-refractivity contribution in [2.24, 2.45) is 0 Å². The van der Waals surface area contributed by atoms with E-state index in [0.29, 0.717) is 3.70 Å². The molecule has 0 aliphatic heterocycles. The van der Waals surface area contributed by atoms with Crippen LogP contribution in [0.2, 0.25) is 0 Å². The predicted molar refractivity (Wildman–Crippen MR) is 44.7 cm³/mol. The van der Waals surface area contributed by atoms with Gasteiger partial charge in [0.15, 0.2) is 0 Å². The van der Waals surface area contributed by atoms with E-state index in [1.165, 1.54) is 6.07 Å². The normalized spacial score (nSPS) is 10.5. The highest BCUT2D eigenvalue weighted by Gasteiger charge is 2.07. The van der Waals surface area contributed by atoms with Gasteiger partial charge in [-0.2, -0.15) is 0 Å². The van der Waals surface area contributed by atoms with Gasteiger partial charge in [0.25, 0.3) is 6.43 Å². The molecule has 0 aliphatic rings. The third kappa shape index (κ3) is 2.25. The minimum absolute atomic E-state index is 0.238. The zero-order valence-corrected chi connectivity index (χ0v) is 7.43. The van der Waals surface area contributed by atoms with E-state index in [1.54, 1.807) is 22.6 Å². The molecule has 0 spiro atoms. The van der Waals surface area contributed by atoms with Gasteiger partial charge >= 0.3 is 0 Å². The number of alkyl halides is 2. The lowest BCUT2D eigenvalue weighted by atomic mass is 10.3. The Kier molecular flexibility index (Phi) is 2.58. The van der Waals surface area contributed by atoms with Crippen LogP contribution in [0.25, 0.3) is 0 Å². The van der Waals surface area contributed by atoms with E-state index in [0.717, 1.165) is 6.07 Å². The van der Waals surface area contributed by atoms with Crippen LogP contribution in [0, 0.1) is 3.70 Å². The molecule has 0 saturated carbocycles. The Balaban J connectivity index is 3.19. The summed E-state index contributed by atoms with van der Waals surface area (Å²) in [4.78, 5) is 13.0. The molecule has 1 aromatic rings. The summed E-state index contributed by atoms with van der Waals surface area (Å²) in [6.45, 7) is 0. The molecule has 5 heteroatoms. The number of pyridine rings is 1. The second-order valence-corrected chi connectivity index (χ2v) is 3.09. The summed E-state index contributed by atoms with van der Waals surface area (Å²) in [6, 6.07) is 2.14. The van der Waals surface area contributed by atoms with Crippen molar-refractivity contribution in [3.8, 4) is 0 Å². The molecule has 60 valence electrons. The summed E-state index contributed by atoms with van der Waals surface area (Å²) in [7, 11) is 0. The Hall–Kier alpha value is -0.460. The summed E-state index contributed by atoms with van der Waals surface area (Å²) in [5.41, 5.74) is -0.731. The van der Waals surface area contributed by atoms with Crippen molar-refractivity contribution >= 4 is 22.6 Å². The van der Waals surface area contributed by atoms with Crippen molar-refractivity contribution < 1.29 is 8.78 Å². The first kappa shape index (κ1) is 8.63. The lowest BCUT2D eigenvalue weighted by Crippen LogP contribution is -2.07. The molecule has 1 rings (SSSR count). The van der Waals surface area contributed by atoms with Gasteiger partial charge in [-0.05, 0) is 28.7 Å². The minimum Gasteiger partial charge on any atom is -0.317 e. The third-order valence-electron chi connectivity index (χ3n) is 1.09. The number of H-pyrrole nitrogens is 1. The zero-order chi connectivity index (χ0) is 8.43. The van der Waals surface area contributed by atoms with Gasteiger partial charge < -0.3 is 4.98 Å². The largest absolute Gasteiger partial charge is 0.317 e. The van der Waals surface area contributed by atoms with Gasteiger partial charge in [-0.1, -0.05) is 0 Å². The van der Waals surface area contributed by atoms with Crippen LogP contribution >= 0.6 is 22.6 Å². The predicted octanol–water partition coefficient (Wildman–Crippen LogP) is 1.92. The average molecular weight is 271 g/mol. The fraction of sp³-hybridized carbons (Fsp3) is 0.167. The van der Waals surface area contributed by atoms with Crippen LogP contribution in [-0.4, -0.2) is 4.98 Å². The van der Waals surface area contributed by atoms with Gasteiger partial charge in [0.2, 0.25) is 5.56 Å². The Bertz CT molecular complexity index is 310. The lowest BCUT2D eigenvalue weighted by Gasteiger charge is -1.97. The standard InChI is InChI=1S/C6H4F2INO/c7-6(8)3-1-4(9)10-5(11)2-3/h1-2,6H,(H,10,11). The van der Waals surface area contributed by atoms with Crippen molar-refractivity contribution in [3.63, 3.8) is 0 Å². The molecule has 0 atom stereocenters. The maximum absolute atomic E-state index is 12.0. The molecule has 0 bridgehead atoms. The molecule has 2 nitrogen and oxygen atoms in total. The van der Waals surface area contributed by atoms with Crippen molar-refractivity contribution in [2.75, 3.05) is 0 Å². The molecule has 0 fully saturated rings. The van der Waals surface area contributed by atoms with Crippen LogP contribution in [0.1, 0.15) is 12.0 Å². The Morgan fingerprint density at radius 2 is 2.09 bits per heavy atom. The molecular formula is C6H4F2INO. The first-order valence-electron chi connectivity index (χ1n) is 2.77. The first-order valence-corrected chi connectivity index (χ1v) is 3.85. The van der Waals surface area contributed by atoms with Gasteiger partial charge in [-0.15, -0.1) is 0 Å². The van der Waals surface area contributed by atoms with Gasteiger partial charge in [-0.25, -0.2) is 8.78 Å². The molecule has 0 radical (unpaired) electrons. The molecule has 0 aliphatic carbocycles. The maximum atomic E-state index is 12.0. The number of nitrogens with one attached hydrogen (secondary N) is 1. The second kappa shape index (κ2) is 3.29. The summed E-state index contributed by atoms with van der Waals surface area (Å²) >= 11 is 1.78. The summed E-state index contributed by atoms with van der Waals surface area (Å²) in [5.74, 6) is 0. The lowest BCUT2D eigenvalue weighted by molar-refractivity contribution is 0.151. The highest BCUT2D eigenvalue weighted by Crippen LogP contribution is 2.17. The van der Waals surface area contributed by atoms with E-state index in [4.69, 9.17) is 0 Å². The van der Waals surface area contributed by atoms with Crippen LogP contribution in [0.4, 0.5) is 8.78 Å². The fourth-order valence-corrected chi connectivity index (χ4v) is 1.28. The molecule has 1 heterocycles. The SMILES string of the molecule is O=c1cc(C(F)F)cc(I)[nH]1. The van der Waals surface area contributed by atoms with Gasteiger partial charge in [0.05, 0.1) is 3.70 Å². The van der Waals surface area contributed by atoms with E-state index in [9.17, 15) is 13.6 Å². The Morgan fingerprint density at radius 1 is 1.45 bits per heavy atom. The Morgan fingerprint density at radius 3 is 2.55 bits per heavy atom. The number of aromatic amines is 1. The molecule has 0 saturated heterocycles. The Labute approximate surface area is 74.8 Å². The third-order valence-corrected chi connectivity index (χ3v) is 1.67. The molecule has 0 aromatic carbocycles. The van der Waals surface area contributed by atoms with Crippen LogP contribution in [0.3, 0.4) is 0 Å². The first-order chi connectivity index (χ1) is 5.09. The van der Waals surface area contributed by atoms with Crippen molar-refractivity contribution in [3.05, 3.63) is 31.8 Å². The van der Waals surface area contributed by atoms with Crippen LogP contribution < -0.4 is 5.56 Å². The average Bonchev–Trinajstić information content (AvgIpc) is 1.85. The number of halogens is 3. The van der Waals surface area contributed by atoms with Gasteiger partial charge in [-0.3, -0.25) is 4.79 Å². The van der Waals surface area contributed by atoms with Crippen molar-refractivity contribution in [2.45, 2.75) is 6.43 Å². The number of hydrogen-bond donors (Lipinski definition) is 1. The van der Waals surface area contributed by atoms with E-state index >= 15 is 0 Å². The number of aromatic nitrogens is 1. The number of hydrogen-bond acceptors (Lipinski definition) is 1. The molecule has 0 unspecified atom stereocenters. The highest BCUT2D eigenvalue weighted by atomic mass is 127. The van der Waals surface area contributed by atoms with E-state index in [1.807, 2.05) is 0 Å². The summed E-state index contributed by atoms with van der Waals surface area (Å²) < 4.78 is 24.4. The van der Waals surface area contributed by atoms with Gasteiger partial charge in [0.1, 0.15) is 0 Å². The maximum Gasteiger partial charge on any atom is 0.264 e. The molecule has 11 heavy (non-hydrogen) atoms. The molecule has 0 amide bonds. The summed E-state index contributed by atoms with van der Waals surface area (Å²) in [6.07, 6.45) is -2.58. The topological polar surface area (TPSA) is 32.9 Å². The minimum atomic E-state index is -2.58. The fourth-order valence-electron chi connectivity index (χ4n) is 0.655. The van der Waals surface area contributed by atoms with Gasteiger partial charge in [0, 0.05) is 11.6 Å². The van der Waals surface area contributed by atoms with Crippen molar-refractivity contribution in [1.82, 2.24) is 4.98 Å². The van der Waals surface area contributed by atoms with Crippen LogP contribution in [0.15, 0.2) is 16.9 Å². The van der Waals surface area contributed by atoms with Crippen LogP contribution in [-0.2, 0) is 0 Å². The van der Waals surface area contributed by atoms with Crippen LogP contribution in [0.5, 0.6) is 0 Å².